The van der Waals surface area contributed by atoms with Gasteiger partial charge in [0, 0.05) is 10.6 Å². The minimum atomic E-state index is -0.476. The van der Waals surface area contributed by atoms with Crippen molar-refractivity contribution < 1.29 is 9.18 Å². The normalized spacial score (nSPS) is 10.6. The predicted molar refractivity (Wildman–Crippen MR) is 91.3 cm³/mol. The van der Waals surface area contributed by atoms with Crippen LogP contribution >= 0.6 is 23.1 Å². The van der Waals surface area contributed by atoms with Crippen LogP contribution in [0.1, 0.15) is 15.9 Å². The van der Waals surface area contributed by atoms with Crippen molar-refractivity contribution in [1.29, 1.82) is 0 Å². The van der Waals surface area contributed by atoms with E-state index in [4.69, 9.17) is 11.6 Å². The van der Waals surface area contributed by atoms with Gasteiger partial charge in [0.05, 0.1) is 6.54 Å². The minimum absolute atomic E-state index is 0.196. The Balaban J connectivity index is 1.74. The van der Waals surface area contributed by atoms with Gasteiger partial charge in [0.1, 0.15) is 5.82 Å². The minimum Gasteiger partial charge on any atom is -0.297 e. The molecule has 1 amide bonds. The standard InChI is InChI=1S/C16H11ClFN3O2S/c17-12-5-3-11(4-6-12)14(22)19-15-20-16(23)21(24-15)9-10-1-7-13(18)8-2-10/h1-8H,9H2,(H,19,20,22,23). The molecule has 0 aliphatic rings. The molecule has 1 heterocycles. The second-order valence-electron chi connectivity index (χ2n) is 4.91. The summed E-state index contributed by atoms with van der Waals surface area (Å²) < 4.78 is 14.3. The van der Waals surface area contributed by atoms with Gasteiger partial charge in [-0.25, -0.2) is 13.1 Å². The third kappa shape index (κ3) is 3.87. The van der Waals surface area contributed by atoms with Gasteiger partial charge in [-0.2, -0.15) is 4.98 Å². The number of halogens is 2. The van der Waals surface area contributed by atoms with Crippen LogP contribution in [0.25, 0.3) is 0 Å². The lowest BCUT2D eigenvalue weighted by molar-refractivity contribution is 0.102. The first kappa shape index (κ1) is 16.4. The summed E-state index contributed by atoms with van der Waals surface area (Å²) in [6.45, 7) is 0.258. The fourth-order valence-corrected chi connectivity index (χ4v) is 2.91. The number of carbonyl (C=O) groups excluding carboxylic acids is 1. The maximum absolute atomic E-state index is 12.9. The highest BCUT2D eigenvalue weighted by Gasteiger charge is 2.11. The highest BCUT2D eigenvalue weighted by molar-refractivity contribution is 7.10. The van der Waals surface area contributed by atoms with Gasteiger partial charge in [0.2, 0.25) is 5.13 Å². The summed E-state index contributed by atoms with van der Waals surface area (Å²) in [5, 5.41) is 3.30. The zero-order valence-electron chi connectivity index (χ0n) is 12.2. The van der Waals surface area contributed by atoms with Gasteiger partial charge in [0.15, 0.2) is 0 Å². The first-order valence-corrected chi connectivity index (χ1v) is 8.06. The zero-order valence-corrected chi connectivity index (χ0v) is 13.8. The van der Waals surface area contributed by atoms with Crippen molar-refractivity contribution in [3.8, 4) is 0 Å². The molecule has 0 unspecified atom stereocenters. The molecule has 0 fully saturated rings. The van der Waals surface area contributed by atoms with E-state index in [0.717, 1.165) is 17.1 Å². The molecule has 122 valence electrons. The molecular formula is C16H11ClFN3O2S. The third-order valence-electron chi connectivity index (χ3n) is 3.17. The molecule has 24 heavy (non-hydrogen) atoms. The Morgan fingerprint density at radius 3 is 2.50 bits per heavy atom. The summed E-state index contributed by atoms with van der Waals surface area (Å²) in [5.74, 6) is -0.722. The van der Waals surface area contributed by atoms with E-state index in [2.05, 4.69) is 10.3 Å². The number of amides is 1. The van der Waals surface area contributed by atoms with E-state index < -0.39 is 5.69 Å². The molecule has 0 radical (unpaired) electrons. The van der Waals surface area contributed by atoms with Crippen LogP contribution in [0.3, 0.4) is 0 Å². The van der Waals surface area contributed by atoms with Crippen molar-refractivity contribution in [3.05, 3.63) is 81.0 Å². The molecule has 1 N–H and O–H groups in total. The molecule has 5 nitrogen and oxygen atoms in total. The number of aromatic nitrogens is 2. The quantitative estimate of drug-likeness (QED) is 0.772. The Hall–Kier alpha value is -2.51. The summed E-state index contributed by atoms with van der Waals surface area (Å²) in [6, 6.07) is 12.2. The molecule has 0 spiro atoms. The van der Waals surface area contributed by atoms with Crippen molar-refractivity contribution in [1.82, 2.24) is 8.94 Å². The van der Waals surface area contributed by atoms with Gasteiger partial charge in [-0.1, -0.05) is 23.7 Å². The van der Waals surface area contributed by atoms with Crippen molar-refractivity contribution in [2.24, 2.45) is 0 Å². The highest BCUT2D eigenvalue weighted by Crippen LogP contribution is 2.15. The zero-order chi connectivity index (χ0) is 17.1. The Morgan fingerprint density at radius 1 is 1.17 bits per heavy atom. The average Bonchev–Trinajstić information content (AvgIpc) is 2.89. The summed E-state index contributed by atoms with van der Waals surface area (Å²) in [4.78, 5) is 27.8. The second-order valence-corrected chi connectivity index (χ2v) is 6.36. The first-order chi connectivity index (χ1) is 11.5. The Labute approximate surface area is 145 Å². The molecule has 2 aromatic carbocycles. The van der Waals surface area contributed by atoms with Gasteiger partial charge in [-0.3, -0.25) is 10.1 Å². The molecular weight excluding hydrogens is 353 g/mol. The number of benzene rings is 2. The van der Waals surface area contributed by atoms with Gasteiger partial charge in [-0.05, 0) is 53.5 Å². The molecule has 0 saturated carbocycles. The van der Waals surface area contributed by atoms with Crippen LogP contribution in [0.4, 0.5) is 9.52 Å². The summed E-state index contributed by atoms with van der Waals surface area (Å²) in [6.07, 6.45) is 0. The van der Waals surface area contributed by atoms with Gasteiger partial charge >= 0.3 is 5.69 Å². The van der Waals surface area contributed by atoms with Gasteiger partial charge < -0.3 is 0 Å². The van der Waals surface area contributed by atoms with Crippen molar-refractivity contribution in [2.75, 3.05) is 5.32 Å². The SMILES string of the molecule is O=C(Nc1nc(=O)n(Cc2ccc(F)cc2)s1)c1ccc(Cl)cc1. The van der Waals surface area contributed by atoms with Gasteiger partial charge in [0.25, 0.3) is 5.91 Å². The monoisotopic (exact) mass is 363 g/mol. The van der Waals surface area contributed by atoms with Crippen molar-refractivity contribution in [2.45, 2.75) is 6.54 Å². The molecule has 0 aliphatic carbocycles. The Kier molecular flexibility index (Phi) is 4.73. The first-order valence-electron chi connectivity index (χ1n) is 6.91. The topological polar surface area (TPSA) is 64.0 Å². The second kappa shape index (κ2) is 6.94. The number of nitrogens with one attached hydrogen (secondary N) is 1. The lowest BCUT2D eigenvalue weighted by atomic mass is 10.2. The van der Waals surface area contributed by atoms with E-state index in [0.29, 0.717) is 10.6 Å². The van der Waals surface area contributed by atoms with E-state index in [1.54, 1.807) is 36.4 Å². The van der Waals surface area contributed by atoms with Crippen LogP contribution in [-0.4, -0.2) is 14.8 Å². The van der Waals surface area contributed by atoms with E-state index in [-0.39, 0.29) is 23.4 Å². The number of carbonyl (C=O) groups is 1. The van der Waals surface area contributed by atoms with Crippen LogP contribution < -0.4 is 11.0 Å². The van der Waals surface area contributed by atoms with Crippen LogP contribution in [0.15, 0.2) is 53.3 Å². The summed E-state index contributed by atoms with van der Waals surface area (Å²) in [5.41, 5.74) is 0.695. The summed E-state index contributed by atoms with van der Waals surface area (Å²) in [7, 11) is 0. The van der Waals surface area contributed by atoms with Crippen molar-refractivity contribution >= 4 is 34.2 Å². The van der Waals surface area contributed by atoms with E-state index in [1.165, 1.54) is 16.1 Å². The van der Waals surface area contributed by atoms with Crippen LogP contribution in [0.5, 0.6) is 0 Å². The number of nitrogens with zero attached hydrogens (tertiary/aromatic N) is 2. The van der Waals surface area contributed by atoms with Crippen LogP contribution in [0, 0.1) is 5.82 Å². The molecule has 3 rings (SSSR count). The number of hydrogen-bond acceptors (Lipinski definition) is 4. The smallest absolute Gasteiger partial charge is 0.297 e. The number of hydrogen-bond donors (Lipinski definition) is 1. The fourth-order valence-electron chi connectivity index (χ4n) is 1.98. The maximum Gasteiger partial charge on any atom is 0.360 e. The van der Waals surface area contributed by atoms with E-state index >= 15 is 0 Å². The van der Waals surface area contributed by atoms with Crippen molar-refractivity contribution in [3.63, 3.8) is 0 Å². The molecule has 3 aromatic rings. The average molecular weight is 364 g/mol. The third-order valence-corrected chi connectivity index (χ3v) is 4.30. The molecule has 8 heteroatoms. The van der Waals surface area contributed by atoms with E-state index in [9.17, 15) is 14.0 Å². The lowest BCUT2D eigenvalue weighted by Gasteiger charge is -2.02. The van der Waals surface area contributed by atoms with E-state index in [1.807, 2.05) is 0 Å². The Morgan fingerprint density at radius 2 is 1.83 bits per heavy atom. The molecule has 0 aliphatic heterocycles. The predicted octanol–water partition coefficient (Wildman–Crippen LogP) is 3.40. The molecule has 0 atom stereocenters. The number of rotatable bonds is 4. The Bertz CT molecular complexity index is 920. The van der Waals surface area contributed by atoms with Crippen LogP contribution in [0.2, 0.25) is 5.02 Å². The largest absolute Gasteiger partial charge is 0.360 e. The maximum atomic E-state index is 12.9. The molecule has 0 bridgehead atoms. The van der Waals surface area contributed by atoms with Gasteiger partial charge in [-0.15, -0.1) is 0 Å². The summed E-state index contributed by atoms with van der Waals surface area (Å²) >= 11 is 6.80. The lowest BCUT2D eigenvalue weighted by Crippen LogP contribution is -2.16. The van der Waals surface area contributed by atoms with Crippen LogP contribution in [-0.2, 0) is 6.54 Å². The molecule has 0 saturated heterocycles. The fraction of sp³-hybridized carbons (Fsp3) is 0.0625. The highest BCUT2D eigenvalue weighted by atomic mass is 35.5. The molecule has 1 aromatic heterocycles. The number of anilines is 1.